The topological polar surface area (TPSA) is 91.6 Å². The fourth-order valence-corrected chi connectivity index (χ4v) is 3.79. The molecule has 0 N–H and O–H groups in total. The molecule has 0 saturated heterocycles. The van der Waals surface area contributed by atoms with Crippen molar-refractivity contribution in [3.63, 3.8) is 0 Å². The van der Waals surface area contributed by atoms with Crippen LogP contribution in [0.1, 0.15) is 0 Å². The molecule has 0 spiro atoms. The van der Waals surface area contributed by atoms with Crippen LogP contribution in [0.4, 0.5) is 0 Å². The molecule has 0 aliphatic rings. The van der Waals surface area contributed by atoms with Crippen LogP contribution in [0, 0.1) is 0 Å². The van der Waals surface area contributed by atoms with Gasteiger partial charge >= 0.3 is 0 Å². The van der Waals surface area contributed by atoms with Gasteiger partial charge < -0.3 is 4.42 Å². The lowest BCUT2D eigenvalue weighted by atomic mass is 10.2. The molecule has 0 fully saturated rings. The average Bonchev–Trinajstić information content (AvgIpc) is 3.44. The van der Waals surface area contributed by atoms with Gasteiger partial charge in [-0.25, -0.2) is 0 Å². The van der Waals surface area contributed by atoms with Gasteiger partial charge in [0.25, 0.3) is 5.56 Å². The highest BCUT2D eigenvalue weighted by Crippen LogP contribution is 2.28. The van der Waals surface area contributed by atoms with Gasteiger partial charge in [0.15, 0.2) is 10.9 Å². The number of rotatable bonds is 5. The highest BCUT2D eigenvalue weighted by atomic mass is 32.2. The number of furan rings is 1. The van der Waals surface area contributed by atoms with Gasteiger partial charge in [-0.3, -0.25) is 9.36 Å². The number of nitrogens with zero attached hydrogens (tertiary/aromatic N) is 6. The molecule has 3 heterocycles. The first-order chi connectivity index (χ1) is 14.3. The summed E-state index contributed by atoms with van der Waals surface area (Å²) in [7, 11) is 0. The lowest BCUT2D eigenvalue weighted by molar-refractivity contribution is 0.575. The number of hydrogen-bond acceptors (Lipinski definition) is 7. The maximum atomic E-state index is 12.7. The molecule has 0 radical (unpaired) electrons. The van der Waals surface area contributed by atoms with E-state index >= 15 is 0 Å². The van der Waals surface area contributed by atoms with Crippen molar-refractivity contribution in [3.8, 4) is 17.3 Å². The van der Waals surface area contributed by atoms with Gasteiger partial charge in [-0.05, 0) is 36.4 Å². The predicted octanol–water partition coefficient (Wildman–Crippen LogP) is 3.38. The zero-order chi connectivity index (χ0) is 19.6. The van der Waals surface area contributed by atoms with E-state index in [1.54, 1.807) is 24.5 Å². The number of hydrogen-bond donors (Lipinski definition) is 0. The number of para-hydroxylation sites is 1. The first-order valence-electron chi connectivity index (χ1n) is 8.81. The van der Waals surface area contributed by atoms with Crippen molar-refractivity contribution in [1.29, 1.82) is 0 Å². The van der Waals surface area contributed by atoms with E-state index in [0.717, 1.165) is 5.69 Å². The second kappa shape index (κ2) is 7.36. The molecule has 8 nitrogen and oxygen atoms in total. The van der Waals surface area contributed by atoms with Gasteiger partial charge in [-0.2, -0.15) is 4.68 Å². The molecule has 2 aromatic carbocycles. The third-order valence-corrected chi connectivity index (χ3v) is 5.23. The summed E-state index contributed by atoms with van der Waals surface area (Å²) >= 11 is 1.34. The SMILES string of the molecule is O=c1c2ccccc2nnn1CSc1nnc(-c2ccco2)n1-c1ccccc1. The summed E-state index contributed by atoms with van der Waals surface area (Å²) in [6.07, 6.45) is 1.59. The molecule has 0 saturated carbocycles. The molecule has 0 unspecified atom stereocenters. The van der Waals surface area contributed by atoms with Crippen LogP contribution in [-0.4, -0.2) is 29.8 Å². The molecule has 5 aromatic rings. The summed E-state index contributed by atoms with van der Waals surface area (Å²) in [5.41, 5.74) is 1.27. The summed E-state index contributed by atoms with van der Waals surface area (Å²) in [5, 5.41) is 17.9. The molecule has 0 aliphatic heterocycles. The van der Waals surface area contributed by atoms with Crippen LogP contribution in [0.2, 0.25) is 0 Å². The van der Waals surface area contributed by atoms with Gasteiger partial charge in [0.2, 0.25) is 5.82 Å². The van der Waals surface area contributed by atoms with E-state index in [9.17, 15) is 4.79 Å². The highest BCUT2D eigenvalue weighted by molar-refractivity contribution is 7.98. The largest absolute Gasteiger partial charge is 0.461 e. The van der Waals surface area contributed by atoms with E-state index in [0.29, 0.717) is 27.6 Å². The zero-order valence-electron chi connectivity index (χ0n) is 15.0. The van der Waals surface area contributed by atoms with Crippen molar-refractivity contribution in [2.45, 2.75) is 11.0 Å². The molecule has 5 rings (SSSR count). The predicted molar refractivity (Wildman–Crippen MR) is 109 cm³/mol. The third-order valence-electron chi connectivity index (χ3n) is 4.33. The van der Waals surface area contributed by atoms with Crippen molar-refractivity contribution < 1.29 is 4.42 Å². The zero-order valence-corrected chi connectivity index (χ0v) is 15.9. The minimum Gasteiger partial charge on any atom is -0.461 e. The first kappa shape index (κ1) is 17.4. The van der Waals surface area contributed by atoms with Crippen LogP contribution in [0.3, 0.4) is 0 Å². The smallest absolute Gasteiger partial charge is 0.278 e. The van der Waals surface area contributed by atoms with Gasteiger partial charge in [-0.15, -0.1) is 15.3 Å². The molecule has 3 aromatic heterocycles. The van der Waals surface area contributed by atoms with Crippen molar-refractivity contribution in [2.75, 3.05) is 0 Å². The summed E-state index contributed by atoms with van der Waals surface area (Å²) in [6.45, 7) is 0. The number of fused-ring (bicyclic) bond motifs is 1. The second-order valence-corrected chi connectivity index (χ2v) is 7.05. The van der Waals surface area contributed by atoms with E-state index in [2.05, 4.69) is 20.5 Å². The van der Waals surface area contributed by atoms with Crippen molar-refractivity contribution in [2.24, 2.45) is 0 Å². The van der Waals surface area contributed by atoms with Crippen molar-refractivity contribution in [3.05, 3.63) is 83.3 Å². The minimum absolute atomic E-state index is 0.194. The van der Waals surface area contributed by atoms with Crippen LogP contribution in [-0.2, 0) is 5.88 Å². The summed E-state index contributed by atoms with van der Waals surface area (Å²) < 4.78 is 8.73. The van der Waals surface area contributed by atoms with Crippen LogP contribution < -0.4 is 5.56 Å². The Morgan fingerprint density at radius 2 is 1.72 bits per heavy atom. The molecule has 0 atom stereocenters. The molecule has 0 amide bonds. The van der Waals surface area contributed by atoms with Gasteiger partial charge in [0.05, 0.1) is 17.5 Å². The van der Waals surface area contributed by atoms with Gasteiger partial charge in [-0.1, -0.05) is 47.3 Å². The Balaban J connectivity index is 1.52. The Morgan fingerprint density at radius 1 is 0.897 bits per heavy atom. The second-order valence-electron chi connectivity index (χ2n) is 6.14. The number of thioether (sulfide) groups is 1. The number of benzene rings is 2. The maximum absolute atomic E-state index is 12.7. The maximum Gasteiger partial charge on any atom is 0.278 e. The first-order valence-corrected chi connectivity index (χ1v) is 9.80. The Hall–Kier alpha value is -3.72. The normalized spacial score (nSPS) is 11.2. The molecule has 142 valence electrons. The quantitative estimate of drug-likeness (QED) is 0.416. The lowest BCUT2D eigenvalue weighted by Gasteiger charge is -2.09. The summed E-state index contributed by atoms with van der Waals surface area (Å²) in [5.74, 6) is 1.44. The van der Waals surface area contributed by atoms with Crippen LogP contribution in [0.15, 0.2) is 87.4 Å². The minimum atomic E-state index is -0.194. The van der Waals surface area contributed by atoms with Crippen LogP contribution in [0.25, 0.3) is 28.2 Å². The Labute approximate surface area is 168 Å². The molecule has 0 bridgehead atoms. The fourth-order valence-electron chi connectivity index (χ4n) is 2.97. The Morgan fingerprint density at radius 3 is 2.55 bits per heavy atom. The highest BCUT2D eigenvalue weighted by Gasteiger charge is 2.18. The van der Waals surface area contributed by atoms with E-state index in [4.69, 9.17) is 4.42 Å². The Bertz CT molecular complexity index is 1330. The number of aromatic nitrogens is 6. The molecule has 0 aliphatic carbocycles. The van der Waals surface area contributed by atoms with Crippen LogP contribution >= 0.6 is 11.8 Å². The van der Waals surface area contributed by atoms with E-state index in [1.807, 2.05) is 53.1 Å². The van der Waals surface area contributed by atoms with Gasteiger partial charge in [0, 0.05) is 5.69 Å². The summed E-state index contributed by atoms with van der Waals surface area (Å²) in [4.78, 5) is 12.7. The molecule has 9 heteroatoms. The fraction of sp³-hybridized carbons (Fsp3) is 0.0500. The molecular weight excluding hydrogens is 388 g/mol. The van der Waals surface area contributed by atoms with Crippen molar-refractivity contribution in [1.82, 2.24) is 29.8 Å². The van der Waals surface area contributed by atoms with Crippen molar-refractivity contribution >= 4 is 22.7 Å². The van der Waals surface area contributed by atoms with E-state index in [-0.39, 0.29) is 11.4 Å². The monoisotopic (exact) mass is 402 g/mol. The molecular formula is C20H14N6O2S. The van der Waals surface area contributed by atoms with Gasteiger partial charge in [0.1, 0.15) is 5.52 Å². The standard InChI is InChI=1S/C20H14N6O2S/c27-19-15-9-4-5-10-16(15)21-24-25(19)13-29-20-23-22-18(17-11-6-12-28-17)26(20)14-7-2-1-3-8-14/h1-12H,13H2. The lowest BCUT2D eigenvalue weighted by Crippen LogP contribution is -2.23. The third kappa shape index (κ3) is 3.21. The molecule has 29 heavy (non-hydrogen) atoms. The summed E-state index contributed by atoms with van der Waals surface area (Å²) in [6, 6.07) is 20.5. The van der Waals surface area contributed by atoms with Crippen LogP contribution in [0.5, 0.6) is 0 Å². The average molecular weight is 402 g/mol. The van der Waals surface area contributed by atoms with E-state index < -0.39 is 0 Å². The Kier molecular flexibility index (Phi) is 4.41. The van der Waals surface area contributed by atoms with E-state index in [1.165, 1.54) is 16.4 Å².